The largest absolute Gasteiger partial charge is 0.320 e. The van der Waals surface area contributed by atoms with Gasteiger partial charge in [-0.2, -0.15) is 0 Å². The number of hydrogen-bond acceptors (Lipinski definition) is 4. The van der Waals surface area contributed by atoms with Crippen LogP contribution < -0.4 is 16.6 Å². The van der Waals surface area contributed by atoms with Crippen LogP contribution in [-0.4, -0.2) is 10.9 Å². The summed E-state index contributed by atoms with van der Waals surface area (Å²) >= 11 is 0. The average Bonchev–Trinajstić information content (AvgIpc) is 2.41. The van der Waals surface area contributed by atoms with E-state index in [1.807, 2.05) is 5.43 Å². The molecule has 104 valence electrons. The van der Waals surface area contributed by atoms with Crippen LogP contribution in [0.1, 0.15) is 16.1 Å². The van der Waals surface area contributed by atoms with Gasteiger partial charge < -0.3 is 10.7 Å². The third kappa shape index (κ3) is 2.72. The summed E-state index contributed by atoms with van der Waals surface area (Å²) in [7, 11) is 0. The Hall–Kier alpha value is -2.54. The standard InChI is InChI=1S/C13H12F2N4O/c1-7-11(3-2-4-17-7)18-13(20)8-5-9(14)12(19-16)10(15)6-8/h2-6,19H,16H2,1H3,(H,18,20). The van der Waals surface area contributed by atoms with Gasteiger partial charge in [-0.3, -0.25) is 15.6 Å². The van der Waals surface area contributed by atoms with Crippen LogP contribution in [-0.2, 0) is 0 Å². The van der Waals surface area contributed by atoms with E-state index < -0.39 is 23.2 Å². The van der Waals surface area contributed by atoms with Gasteiger partial charge in [0.2, 0.25) is 0 Å². The quantitative estimate of drug-likeness (QED) is 0.594. The number of rotatable bonds is 3. The number of hydrazine groups is 1. The molecule has 7 heteroatoms. The van der Waals surface area contributed by atoms with Gasteiger partial charge in [0.05, 0.1) is 11.4 Å². The summed E-state index contributed by atoms with van der Waals surface area (Å²) in [6.07, 6.45) is 1.58. The van der Waals surface area contributed by atoms with E-state index in [0.717, 1.165) is 12.1 Å². The lowest BCUT2D eigenvalue weighted by atomic mass is 10.1. The minimum absolute atomic E-state index is 0.151. The molecule has 0 aliphatic rings. The summed E-state index contributed by atoms with van der Waals surface area (Å²) in [5.74, 6) is 2.46. The number of pyridine rings is 1. The number of anilines is 2. The van der Waals surface area contributed by atoms with Crippen molar-refractivity contribution in [2.75, 3.05) is 10.7 Å². The van der Waals surface area contributed by atoms with Gasteiger partial charge in [0.1, 0.15) is 5.69 Å². The minimum atomic E-state index is -0.944. The fourth-order valence-corrected chi connectivity index (χ4v) is 1.65. The van der Waals surface area contributed by atoms with Gasteiger partial charge in [-0.05, 0) is 31.2 Å². The van der Waals surface area contributed by atoms with Gasteiger partial charge >= 0.3 is 0 Å². The van der Waals surface area contributed by atoms with E-state index in [-0.39, 0.29) is 5.56 Å². The molecule has 1 heterocycles. The average molecular weight is 278 g/mol. The Morgan fingerprint density at radius 1 is 1.30 bits per heavy atom. The van der Waals surface area contributed by atoms with E-state index in [9.17, 15) is 13.6 Å². The maximum Gasteiger partial charge on any atom is 0.255 e. The van der Waals surface area contributed by atoms with E-state index >= 15 is 0 Å². The number of nitrogens with two attached hydrogens (primary N) is 1. The predicted octanol–water partition coefficient (Wildman–Crippen LogP) is 2.21. The van der Waals surface area contributed by atoms with Crippen molar-refractivity contribution < 1.29 is 13.6 Å². The van der Waals surface area contributed by atoms with Crippen LogP contribution in [0.25, 0.3) is 0 Å². The molecule has 2 aromatic rings. The normalized spacial score (nSPS) is 10.2. The molecule has 5 nitrogen and oxygen atoms in total. The molecule has 0 saturated carbocycles. The lowest BCUT2D eigenvalue weighted by Gasteiger charge is -2.09. The molecule has 0 aliphatic carbocycles. The highest BCUT2D eigenvalue weighted by Gasteiger charge is 2.15. The highest BCUT2D eigenvalue weighted by molar-refractivity contribution is 6.04. The Morgan fingerprint density at radius 2 is 1.95 bits per heavy atom. The van der Waals surface area contributed by atoms with Crippen molar-refractivity contribution in [3.8, 4) is 0 Å². The van der Waals surface area contributed by atoms with E-state index in [4.69, 9.17) is 5.84 Å². The van der Waals surface area contributed by atoms with Gasteiger partial charge in [-0.25, -0.2) is 8.78 Å². The number of aromatic nitrogens is 1. The van der Waals surface area contributed by atoms with Crippen molar-refractivity contribution in [3.63, 3.8) is 0 Å². The van der Waals surface area contributed by atoms with E-state index in [1.54, 1.807) is 25.3 Å². The number of carbonyl (C=O) groups is 1. The van der Waals surface area contributed by atoms with Crippen LogP contribution >= 0.6 is 0 Å². The monoisotopic (exact) mass is 278 g/mol. The number of hydrogen-bond donors (Lipinski definition) is 3. The zero-order valence-corrected chi connectivity index (χ0v) is 10.6. The zero-order valence-electron chi connectivity index (χ0n) is 10.6. The van der Waals surface area contributed by atoms with Crippen molar-refractivity contribution >= 4 is 17.3 Å². The second-order valence-corrected chi connectivity index (χ2v) is 4.05. The maximum absolute atomic E-state index is 13.5. The molecule has 20 heavy (non-hydrogen) atoms. The zero-order chi connectivity index (χ0) is 14.7. The molecule has 1 amide bonds. The van der Waals surface area contributed by atoms with Crippen LogP contribution in [0.3, 0.4) is 0 Å². The summed E-state index contributed by atoms with van der Waals surface area (Å²) in [5, 5.41) is 2.53. The molecule has 0 aliphatic heterocycles. The molecule has 0 fully saturated rings. The molecule has 4 N–H and O–H groups in total. The second kappa shape index (κ2) is 5.62. The highest BCUT2D eigenvalue weighted by Crippen LogP contribution is 2.21. The van der Waals surface area contributed by atoms with Crippen LogP contribution in [0.5, 0.6) is 0 Å². The third-order valence-corrected chi connectivity index (χ3v) is 2.70. The van der Waals surface area contributed by atoms with Crippen molar-refractivity contribution in [2.24, 2.45) is 5.84 Å². The Labute approximate surface area is 113 Å². The van der Waals surface area contributed by atoms with Crippen LogP contribution in [0.4, 0.5) is 20.2 Å². The Balaban J connectivity index is 2.29. The van der Waals surface area contributed by atoms with Gasteiger partial charge in [0.25, 0.3) is 5.91 Å². The predicted molar refractivity (Wildman–Crippen MR) is 71.1 cm³/mol. The Kier molecular flexibility index (Phi) is 3.90. The topological polar surface area (TPSA) is 80.0 Å². The first-order chi connectivity index (χ1) is 9.52. The fraction of sp³-hybridized carbons (Fsp3) is 0.0769. The molecule has 0 spiro atoms. The first kappa shape index (κ1) is 13.9. The molecule has 0 unspecified atom stereocenters. The lowest BCUT2D eigenvalue weighted by molar-refractivity contribution is 0.102. The molecule has 0 bridgehead atoms. The summed E-state index contributed by atoms with van der Waals surface area (Å²) in [4.78, 5) is 15.9. The van der Waals surface area contributed by atoms with Crippen LogP contribution in [0.15, 0.2) is 30.5 Å². The number of halogens is 2. The molecular formula is C13H12F2N4O. The smallest absolute Gasteiger partial charge is 0.255 e. The second-order valence-electron chi connectivity index (χ2n) is 4.05. The highest BCUT2D eigenvalue weighted by atomic mass is 19.1. The number of carbonyl (C=O) groups excluding carboxylic acids is 1. The number of nitrogens with one attached hydrogen (secondary N) is 2. The van der Waals surface area contributed by atoms with E-state index in [2.05, 4.69) is 10.3 Å². The summed E-state index contributed by atoms with van der Waals surface area (Å²) in [6, 6.07) is 5.09. The molecule has 0 atom stereocenters. The Bertz CT molecular complexity index is 638. The van der Waals surface area contributed by atoms with Crippen LogP contribution in [0, 0.1) is 18.6 Å². The first-order valence-electron chi connectivity index (χ1n) is 5.71. The molecule has 2 rings (SSSR count). The fourth-order valence-electron chi connectivity index (χ4n) is 1.65. The van der Waals surface area contributed by atoms with Crippen LogP contribution in [0.2, 0.25) is 0 Å². The van der Waals surface area contributed by atoms with Gasteiger partial charge in [0, 0.05) is 11.8 Å². The first-order valence-corrected chi connectivity index (χ1v) is 5.71. The number of amides is 1. The van der Waals surface area contributed by atoms with Gasteiger partial charge in [0.15, 0.2) is 11.6 Å². The summed E-state index contributed by atoms with van der Waals surface area (Å²) in [5.41, 5.74) is 2.33. The summed E-state index contributed by atoms with van der Waals surface area (Å²) in [6.45, 7) is 1.71. The summed E-state index contributed by atoms with van der Waals surface area (Å²) < 4.78 is 27.0. The van der Waals surface area contributed by atoms with Gasteiger partial charge in [-0.1, -0.05) is 0 Å². The lowest BCUT2D eigenvalue weighted by Crippen LogP contribution is -2.16. The Morgan fingerprint density at radius 3 is 2.50 bits per heavy atom. The molecule has 1 aromatic carbocycles. The maximum atomic E-state index is 13.5. The van der Waals surface area contributed by atoms with Crippen molar-refractivity contribution in [1.82, 2.24) is 4.98 Å². The molecule has 1 aromatic heterocycles. The molecule has 0 saturated heterocycles. The third-order valence-electron chi connectivity index (χ3n) is 2.70. The van der Waals surface area contributed by atoms with Crippen molar-refractivity contribution in [2.45, 2.75) is 6.92 Å². The minimum Gasteiger partial charge on any atom is -0.320 e. The number of nitrogen functional groups attached to an aromatic ring is 1. The number of benzene rings is 1. The number of aryl methyl sites for hydroxylation is 1. The molecule has 0 radical (unpaired) electrons. The SMILES string of the molecule is Cc1ncccc1NC(=O)c1cc(F)c(NN)c(F)c1. The van der Waals surface area contributed by atoms with Crippen molar-refractivity contribution in [3.05, 3.63) is 53.4 Å². The van der Waals surface area contributed by atoms with E-state index in [0.29, 0.717) is 11.4 Å². The van der Waals surface area contributed by atoms with Crippen molar-refractivity contribution in [1.29, 1.82) is 0 Å². The molecular weight excluding hydrogens is 266 g/mol. The van der Waals surface area contributed by atoms with E-state index in [1.165, 1.54) is 0 Å². The number of nitrogens with zero attached hydrogens (tertiary/aromatic N) is 1. The van der Waals surface area contributed by atoms with Gasteiger partial charge in [-0.15, -0.1) is 0 Å².